The molecule has 2 N–H and O–H groups in total. The van der Waals surface area contributed by atoms with Crippen LogP contribution in [-0.4, -0.2) is 18.0 Å². The van der Waals surface area contributed by atoms with Gasteiger partial charge in [0.15, 0.2) is 5.41 Å². The number of alkyl halides is 3. The Labute approximate surface area is 78.9 Å². The van der Waals surface area contributed by atoms with Crippen LogP contribution in [0.2, 0.25) is 0 Å². The lowest BCUT2D eigenvalue weighted by molar-refractivity contribution is -0.227. The topological polar surface area (TPSA) is 62.2 Å². The molecule has 0 rings (SSSR count). The van der Waals surface area contributed by atoms with Crippen molar-refractivity contribution in [3.63, 3.8) is 0 Å². The molecule has 0 aliphatic heterocycles. The Hall–Kier alpha value is -1.27. The first kappa shape index (κ1) is 12.7. The van der Waals surface area contributed by atoms with Crippen LogP contribution in [0.3, 0.4) is 0 Å². The Morgan fingerprint density at radius 2 is 1.79 bits per heavy atom. The SMILES string of the molecule is CC(=N)NOC(=O)C(C)(C)C(F)(F)F. The number of amidine groups is 1. The van der Waals surface area contributed by atoms with E-state index in [9.17, 15) is 18.0 Å². The lowest BCUT2D eigenvalue weighted by atomic mass is 9.93. The third kappa shape index (κ3) is 2.90. The summed E-state index contributed by atoms with van der Waals surface area (Å²) in [6.07, 6.45) is -4.68. The average Bonchev–Trinajstić information content (AvgIpc) is 1.97. The van der Waals surface area contributed by atoms with E-state index in [-0.39, 0.29) is 5.84 Å². The first-order valence-electron chi connectivity index (χ1n) is 3.68. The second-order valence-electron chi connectivity index (χ2n) is 3.24. The highest BCUT2D eigenvalue weighted by atomic mass is 19.4. The molecule has 0 atom stereocenters. The molecule has 0 unspecified atom stereocenters. The van der Waals surface area contributed by atoms with Crippen LogP contribution in [0.25, 0.3) is 0 Å². The van der Waals surface area contributed by atoms with Crippen molar-refractivity contribution in [2.45, 2.75) is 26.9 Å². The Balaban J connectivity index is 4.45. The minimum Gasteiger partial charge on any atom is -0.341 e. The van der Waals surface area contributed by atoms with Gasteiger partial charge in [-0.05, 0) is 20.8 Å². The summed E-state index contributed by atoms with van der Waals surface area (Å²) in [7, 11) is 0. The van der Waals surface area contributed by atoms with Crippen molar-refractivity contribution >= 4 is 11.8 Å². The molecular weight excluding hydrogens is 201 g/mol. The molecule has 0 fully saturated rings. The van der Waals surface area contributed by atoms with Gasteiger partial charge in [-0.1, -0.05) is 0 Å². The first-order valence-corrected chi connectivity index (χ1v) is 3.68. The first-order chi connectivity index (χ1) is 6.09. The zero-order valence-electron chi connectivity index (χ0n) is 7.95. The maximum atomic E-state index is 12.2. The van der Waals surface area contributed by atoms with Gasteiger partial charge < -0.3 is 4.84 Å². The van der Waals surface area contributed by atoms with Crippen LogP contribution < -0.4 is 5.48 Å². The van der Waals surface area contributed by atoms with E-state index in [1.807, 2.05) is 0 Å². The van der Waals surface area contributed by atoms with Crippen molar-refractivity contribution in [3.8, 4) is 0 Å². The number of nitrogens with one attached hydrogen (secondary N) is 2. The number of hydrogen-bond donors (Lipinski definition) is 2. The molecule has 0 radical (unpaired) electrons. The molecule has 14 heavy (non-hydrogen) atoms. The van der Waals surface area contributed by atoms with E-state index in [2.05, 4.69) is 4.84 Å². The number of carbonyl (C=O) groups excluding carboxylic acids is 1. The highest BCUT2D eigenvalue weighted by Gasteiger charge is 2.54. The average molecular weight is 212 g/mol. The van der Waals surface area contributed by atoms with Crippen molar-refractivity contribution in [2.75, 3.05) is 0 Å². The Bertz CT molecular complexity index is 248. The number of carbonyl (C=O) groups is 1. The third-order valence-corrected chi connectivity index (χ3v) is 1.52. The molecule has 0 aromatic rings. The molecule has 0 saturated carbocycles. The van der Waals surface area contributed by atoms with Gasteiger partial charge in [0.05, 0.1) is 0 Å². The second kappa shape index (κ2) is 3.85. The maximum absolute atomic E-state index is 12.2. The number of halogens is 3. The van der Waals surface area contributed by atoms with Crippen molar-refractivity contribution in [2.24, 2.45) is 5.41 Å². The van der Waals surface area contributed by atoms with Crippen molar-refractivity contribution < 1.29 is 22.8 Å². The molecule has 0 aromatic carbocycles. The molecule has 0 aromatic heterocycles. The summed E-state index contributed by atoms with van der Waals surface area (Å²) in [6.45, 7) is 2.64. The molecule has 0 aliphatic rings. The maximum Gasteiger partial charge on any atom is 0.404 e. The predicted molar refractivity (Wildman–Crippen MR) is 42.5 cm³/mol. The van der Waals surface area contributed by atoms with Gasteiger partial charge >= 0.3 is 12.1 Å². The summed E-state index contributed by atoms with van der Waals surface area (Å²) < 4.78 is 36.7. The minimum atomic E-state index is -4.68. The molecular formula is C7H11F3N2O2. The fourth-order valence-electron chi connectivity index (χ4n) is 0.366. The van der Waals surface area contributed by atoms with Crippen LogP contribution in [0.1, 0.15) is 20.8 Å². The van der Waals surface area contributed by atoms with Crippen LogP contribution in [0, 0.1) is 10.8 Å². The lowest BCUT2D eigenvalue weighted by Crippen LogP contribution is -2.43. The van der Waals surface area contributed by atoms with E-state index in [1.165, 1.54) is 6.92 Å². The van der Waals surface area contributed by atoms with Crippen LogP contribution >= 0.6 is 0 Å². The number of hydrogen-bond acceptors (Lipinski definition) is 3. The molecule has 7 heteroatoms. The standard InChI is InChI=1S/C7H11F3N2O2/c1-4(11)12-14-5(13)6(2,3)7(8,9)10/h1-3H3,(H2,11,12). The Morgan fingerprint density at radius 3 is 2.07 bits per heavy atom. The molecule has 0 amide bonds. The normalized spacial score (nSPS) is 12.1. The second-order valence-corrected chi connectivity index (χ2v) is 3.24. The van der Waals surface area contributed by atoms with Gasteiger partial charge in [0, 0.05) is 0 Å². The van der Waals surface area contributed by atoms with E-state index in [0.717, 1.165) is 0 Å². The number of rotatable bonds is 1. The summed E-state index contributed by atoms with van der Waals surface area (Å²) in [5.41, 5.74) is -0.831. The summed E-state index contributed by atoms with van der Waals surface area (Å²) in [5, 5.41) is 6.78. The molecule has 0 saturated heterocycles. The quantitative estimate of drug-likeness (QED) is 0.394. The Kier molecular flexibility index (Phi) is 3.50. The monoisotopic (exact) mass is 212 g/mol. The van der Waals surface area contributed by atoms with E-state index >= 15 is 0 Å². The molecule has 0 aliphatic carbocycles. The van der Waals surface area contributed by atoms with E-state index in [1.54, 1.807) is 5.48 Å². The molecule has 0 spiro atoms. The van der Waals surface area contributed by atoms with Gasteiger partial charge in [-0.3, -0.25) is 5.41 Å². The van der Waals surface area contributed by atoms with Crippen molar-refractivity contribution in [1.29, 1.82) is 5.41 Å². The summed E-state index contributed by atoms with van der Waals surface area (Å²) in [5.74, 6) is -1.73. The predicted octanol–water partition coefficient (Wildman–Crippen LogP) is 1.62. The molecule has 0 bridgehead atoms. The zero-order chi connectivity index (χ0) is 11.6. The minimum absolute atomic E-state index is 0.253. The highest BCUT2D eigenvalue weighted by molar-refractivity contribution is 5.80. The van der Waals surface area contributed by atoms with Crippen molar-refractivity contribution in [3.05, 3.63) is 0 Å². The van der Waals surface area contributed by atoms with Crippen LogP contribution in [0.4, 0.5) is 13.2 Å². The largest absolute Gasteiger partial charge is 0.404 e. The summed E-state index contributed by atoms with van der Waals surface area (Å²) in [6, 6.07) is 0. The van der Waals surface area contributed by atoms with Gasteiger partial charge in [0.1, 0.15) is 5.84 Å². The molecule has 0 heterocycles. The lowest BCUT2D eigenvalue weighted by Gasteiger charge is -2.24. The zero-order valence-corrected chi connectivity index (χ0v) is 7.95. The highest BCUT2D eigenvalue weighted by Crippen LogP contribution is 2.38. The van der Waals surface area contributed by atoms with Gasteiger partial charge in [0.2, 0.25) is 0 Å². The number of hydroxylamine groups is 1. The Morgan fingerprint density at radius 1 is 1.36 bits per heavy atom. The van der Waals surface area contributed by atoms with Gasteiger partial charge in [0.25, 0.3) is 0 Å². The molecule has 4 nitrogen and oxygen atoms in total. The fraction of sp³-hybridized carbons (Fsp3) is 0.714. The van der Waals surface area contributed by atoms with E-state index in [0.29, 0.717) is 13.8 Å². The third-order valence-electron chi connectivity index (χ3n) is 1.52. The van der Waals surface area contributed by atoms with Gasteiger partial charge in [-0.2, -0.15) is 13.2 Å². The van der Waals surface area contributed by atoms with Crippen LogP contribution in [0.15, 0.2) is 0 Å². The van der Waals surface area contributed by atoms with Crippen LogP contribution in [0.5, 0.6) is 0 Å². The summed E-state index contributed by atoms with van der Waals surface area (Å²) >= 11 is 0. The van der Waals surface area contributed by atoms with Crippen molar-refractivity contribution in [1.82, 2.24) is 5.48 Å². The van der Waals surface area contributed by atoms with Gasteiger partial charge in [-0.25, -0.2) is 10.3 Å². The fourth-order valence-corrected chi connectivity index (χ4v) is 0.366. The smallest absolute Gasteiger partial charge is 0.341 e. The van der Waals surface area contributed by atoms with E-state index in [4.69, 9.17) is 5.41 Å². The van der Waals surface area contributed by atoms with Crippen LogP contribution in [-0.2, 0) is 9.63 Å². The van der Waals surface area contributed by atoms with E-state index < -0.39 is 17.6 Å². The summed E-state index contributed by atoms with van der Waals surface area (Å²) in [4.78, 5) is 15.0. The van der Waals surface area contributed by atoms with Gasteiger partial charge in [-0.15, -0.1) is 0 Å². The molecule has 82 valence electrons.